The number of carbonyl (C=O) groups is 3. The van der Waals surface area contributed by atoms with Crippen LogP contribution in [-0.4, -0.2) is 54.5 Å². The van der Waals surface area contributed by atoms with Gasteiger partial charge in [-0.3, -0.25) is 19.7 Å². The third-order valence-corrected chi connectivity index (χ3v) is 8.97. The first-order valence-electron chi connectivity index (χ1n) is 11.5. The average Bonchev–Trinajstić information content (AvgIpc) is 3.16. The van der Waals surface area contributed by atoms with E-state index in [1.807, 2.05) is 0 Å². The summed E-state index contributed by atoms with van der Waals surface area (Å²) in [6, 6.07) is 4.05. The highest BCUT2D eigenvalue weighted by atomic mass is 32.2. The number of rotatable bonds is 4. The highest BCUT2D eigenvalue weighted by Crippen LogP contribution is 2.38. The van der Waals surface area contributed by atoms with Gasteiger partial charge in [-0.2, -0.15) is 4.31 Å². The zero-order valence-corrected chi connectivity index (χ0v) is 19.8. The first kappa shape index (κ1) is 24.4. The lowest BCUT2D eigenvalue weighted by molar-refractivity contribution is -0.136. The van der Waals surface area contributed by atoms with E-state index in [1.165, 1.54) is 15.3 Å². The minimum Gasteiger partial charge on any atom is -0.322 e. The molecule has 3 aliphatic heterocycles. The third kappa shape index (κ3) is 4.17. The van der Waals surface area contributed by atoms with Gasteiger partial charge in [-0.15, -0.1) is 0 Å². The standard InChI is InChI=1S/C24H22F3N3O5S/c25-14-9-16(18-12-30(24(33)17(18)10-14)21-3-4-22(31)28-23(21)32)13-5-7-29(8-6-13)36(34,35)15-1-2-19(26)20(27)11-15/h1-2,9-11,13,21H,3-8,12H2,(H,28,31,32). The van der Waals surface area contributed by atoms with Crippen LogP contribution < -0.4 is 5.32 Å². The van der Waals surface area contributed by atoms with Gasteiger partial charge in [0.15, 0.2) is 11.6 Å². The zero-order chi connectivity index (χ0) is 25.8. The van der Waals surface area contributed by atoms with E-state index in [0.29, 0.717) is 30.0 Å². The highest BCUT2D eigenvalue weighted by Gasteiger charge is 2.41. The van der Waals surface area contributed by atoms with Gasteiger partial charge in [0.05, 0.1) is 4.90 Å². The van der Waals surface area contributed by atoms with Crippen LogP contribution in [0.25, 0.3) is 0 Å². The molecule has 2 aromatic rings. The molecular formula is C24H22F3N3O5S. The van der Waals surface area contributed by atoms with Crippen molar-refractivity contribution in [2.45, 2.75) is 49.1 Å². The number of piperidine rings is 2. The van der Waals surface area contributed by atoms with Crippen LogP contribution in [0, 0.1) is 17.5 Å². The predicted molar refractivity (Wildman–Crippen MR) is 120 cm³/mol. The second-order valence-electron chi connectivity index (χ2n) is 9.18. The molecule has 5 rings (SSSR count). The highest BCUT2D eigenvalue weighted by molar-refractivity contribution is 7.89. The second kappa shape index (κ2) is 9.00. The number of carbonyl (C=O) groups excluding carboxylic acids is 3. The number of fused-ring (bicyclic) bond motifs is 1. The molecule has 36 heavy (non-hydrogen) atoms. The van der Waals surface area contributed by atoms with E-state index in [9.17, 15) is 36.0 Å². The third-order valence-electron chi connectivity index (χ3n) is 7.08. The number of benzene rings is 2. The lowest BCUT2D eigenvalue weighted by Crippen LogP contribution is -2.52. The number of hydrogen-bond acceptors (Lipinski definition) is 5. The van der Waals surface area contributed by atoms with Crippen molar-refractivity contribution in [3.63, 3.8) is 0 Å². The summed E-state index contributed by atoms with van der Waals surface area (Å²) in [6.45, 7) is 0.230. The predicted octanol–water partition coefficient (Wildman–Crippen LogP) is 2.43. The maximum atomic E-state index is 14.5. The van der Waals surface area contributed by atoms with E-state index < -0.39 is 51.2 Å². The van der Waals surface area contributed by atoms with E-state index in [-0.39, 0.29) is 48.9 Å². The van der Waals surface area contributed by atoms with Gasteiger partial charge in [0.25, 0.3) is 5.91 Å². The number of nitrogens with one attached hydrogen (secondary N) is 1. The van der Waals surface area contributed by atoms with E-state index >= 15 is 0 Å². The molecule has 3 heterocycles. The van der Waals surface area contributed by atoms with Gasteiger partial charge >= 0.3 is 0 Å². The van der Waals surface area contributed by atoms with E-state index in [2.05, 4.69) is 5.32 Å². The summed E-state index contributed by atoms with van der Waals surface area (Å²) in [5, 5.41) is 2.23. The zero-order valence-electron chi connectivity index (χ0n) is 19.0. The maximum absolute atomic E-state index is 14.5. The van der Waals surface area contributed by atoms with Gasteiger partial charge in [-0.25, -0.2) is 21.6 Å². The molecule has 12 heteroatoms. The number of imide groups is 1. The largest absolute Gasteiger partial charge is 0.322 e. The monoisotopic (exact) mass is 521 g/mol. The van der Waals surface area contributed by atoms with E-state index in [4.69, 9.17) is 0 Å². The molecule has 2 aromatic carbocycles. The summed E-state index contributed by atoms with van der Waals surface area (Å²) in [4.78, 5) is 37.9. The van der Waals surface area contributed by atoms with Crippen LogP contribution in [0.3, 0.4) is 0 Å². The molecule has 1 unspecified atom stereocenters. The summed E-state index contributed by atoms with van der Waals surface area (Å²) in [7, 11) is -4.05. The molecule has 0 bridgehead atoms. The van der Waals surface area contributed by atoms with Crippen LogP contribution in [0.5, 0.6) is 0 Å². The van der Waals surface area contributed by atoms with Crippen molar-refractivity contribution >= 4 is 27.7 Å². The van der Waals surface area contributed by atoms with Crippen LogP contribution in [0.4, 0.5) is 13.2 Å². The summed E-state index contributed by atoms with van der Waals surface area (Å²) >= 11 is 0. The van der Waals surface area contributed by atoms with Gasteiger partial charge in [-0.1, -0.05) is 0 Å². The van der Waals surface area contributed by atoms with Crippen molar-refractivity contribution in [2.24, 2.45) is 0 Å². The smallest absolute Gasteiger partial charge is 0.255 e. The fourth-order valence-electron chi connectivity index (χ4n) is 5.21. The Labute approximate surface area is 205 Å². The van der Waals surface area contributed by atoms with Crippen LogP contribution in [0.2, 0.25) is 0 Å². The minimum absolute atomic E-state index is 0.0715. The summed E-state index contributed by atoms with van der Waals surface area (Å²) in [5.74, 6) is -4.72. The van der Waals surface area contributed by atoms with Gasteiger partial charge in [0.1, 0.15) is 11.9 Å². The molecule has 0 aromatic heterocycles. The minimum atomic E-state index is -4.05. The van der Waals surface area contributed by atoms with Crippen molar-refractivity contribution in [1.82, 2.24) is 14.5 Å². The summed E-state index contributed by atoms with van der Waals surface area (Å²) < 4.78 is 68.4. The van der Waals surface area contributed by atoms with Crippen molar-refractivity contribution in [2.75, 3.05) is 13.1 Å². The number of amides is 3. The summed E-state index contributed by atoms with van der Waals surface area (Å²) in [6.07, 6.45) is 0.932. The topological polar surface area (TPSA) is 104 Å². The molecule has 8 nitrogen and oxygen atoms in total. The fraction of sp³-hybridized carbons (Fsp3) is 0.375. The van der Waals surface area contributed by atoms with Crippen molar-refractivity contribution in [3.8, 4) is 0 Å². The molecule has 0 radical (unpaired) electrons. The Bertz CT molecular complexity index is 1390. The Morgan fingerprint density at radius 1 is 0.917 bits per heavy atom. The Hall–Kier alpha value is -3.25. The van der Waals surface area contributed by atoms with Crippen LogP contribution in [0.1, 0.15) is 53.1 Å². The van der Waals surface area contributed by atoms with Crippen molar-refractivity contribution in [1.29, 1.82) is 0 Å². The molecular weight excluding hydrogens is 499 g/mol. The molecule has 0 aliphatic carbocycles. The SMILES string of the molecule is O=C1CCC(N2Cc3c(cc(F)cc3C3CCN(S(=O)(=O)c4ccc(F)c(F)c4)CC3)C2=O)C(=O)N1. The van der Waals surface area contributed by atoms with Gasteiger partial charge in [0.2, 0.25) is 21.8 Å². The van der Waals surface area contributed by atoms with E-state index in [0.717, 1.165) is 18.2 Å². The normalized spacial score (nSPS) is 21.6. The van der Waals surface area contributed by atoms with Gasteiger partial charge in [0, 0.05) is 31.6 Å². The van der Waals surface area contributed by atoms with Crippen molar-refractivity contribution in [3.05, 3.63) is 64.5 Å². The molecule has 1 N–H and O–H groups in total. The quantitative estimate of drug-likeness (QED) is 0.623. The van der Waals surface area contributed by atoms with Crippen LogP contribution in [-0.2, 0) is 26.2 Å². The molecule has 1 atom stereocenters. The number of nitrogens with zero attached hydrogens (tertiary/aromatic N) is 2. The van der Waals surface area contributed by atoms with E-state index in [1.54, 1.807) is 0 Å². The number of hydrogen-bond donors (Lipinski definition) is 1. The lowest BCUT2D eigenvalue weighted by atomic mass is 9.86. The molecule has 3 aliphatic rings. The Balaban J connectivity index is 1.36. The van der Waals surface area contributed by atoms with Crippen molar-refractivity contribution < 1.29 is 36.0 Å². The molecule has 2 fully saturated rings. The molecule has 0 saturated carbocycles. The second-order valence-corrected chi connectivity index (χ2v) is 11.1. The number of halogens is 3. The van der Waals surface area contributed by atoms with Crippen LogP contribution >= 0.6 is 0 Å². The van der Waals surface area contributed by atoms with Gasteiger partial charge in [-0.05, 0) is 66.6 Å². The Morgan fingerprint density at radius 2 is 1.64 bits per heavy atom. The fourth-order valence-corrected chi connectivity index (χ4v) is 6.69. The van der Waals surface area contributed by atoms with Gasteiger partial charge < -0.3 is 4.90 Å². The summed E-state index contributed by atoms with van der Waals surface area (Å²) in [5.41, 5.74) is 1.33. The van der Waals surface area contributed by atoms with Crippen LogP contribution in [0.15, 0.2) is 35.2 Å². The first-order valence-corrected chi connectivity index (χ1v) is 12.9. The average molecular weight is 522 g/mol. The first-order chi connectivity index (χ1) is 17.1. The molecule has 3 amide bonds. The number of sulfonamides is 1. The lowest BCUT2D eigenvalue weighted by Gasteiger charge is -2.32. The molecule has 0 spiro atoms. The molecule has 190 valence electrons. The Morgan fingerprint density at radius 3 is 2.31 bits per heavy atom. The maximum Gasteiger partial charge on any atom is 0.255 e. The Kier molecular flexibility index (Phi) is 6.11. The molecule has 2 saturated heterocycles.